The third kappa shape index (κ3) is 4.52. The van der Waals surface area contributed by atoms with Crippen molar-refractivity contribution in [3.63, 3.8) is 0 Å². The van der Waals surface area contributed by atoms with Gasteiger partial charge >= 0.3 is 0 Å². The molecule has 8 heteroatoms. The molecule has 0 radical (unpaired) electrons. The van der Waals surface area contributed by atoms with E-state index in [-0.39, 0.29) is 5.78 Å². The van der Waals surface area contributed by atoms with Gasteiger partial charge in [0.15, 0.2) is 5.78 Å². The molecule has 1 aliphatic rings. The number of hydrogen-bond donors (Lipinski definition) is 0. The highest BCUT2D eigenvalue weighted by Crippen LogP contribution is 2.26. The van der Waals surface area contributed by atoms with Gasteiger partial charge in [-0.3, -0.25) is 9.69 Å². The van der Waals surface area contributed by atoms with E-state index in [1.165, 1.54) is 0 Å². The summed E-state index contributed by atoms with van der Waals surface area (Å²) in [5.41, 5.74) is 2.51. The first-order valence-corrected chi connectivity index (χ1v) is 9.88. The monoisotopic (exact) mass is 383 g/mol. The predicted molar refractivity (Wildman–Crippen MR) is 104 cm³/mol. The van der Waals surface area contributed by atoms with Crippen LogP contribution < -0.4 is 0 Å². The van der Waals surface area contributed by atoms with Crippen molar-refractivity contribution in [3.8, 4) is 10.6 Å². The molecule has 1 aromatic carbocycles. The number of hydrogen-bond acceptors (Lipinski definition) is 8. The maximum Gasteiger partial charge on any atom is 0.152 e. The second-order valence-corrected chi connectivity index (χ2v) is 7.87. The molecule has 1 aliphatic heterocycles. The summed E-state index contributed by atoms with van der Waals surface area (Å²) in [6.45, 7) is 5.55. The highest BCUT2D eigenvalue weighted by Gasteiger charge is 2.15. The van der Waals surface area contributed by atoms with Crippen LogP contribution in [0, 0.1) is 6.92 Å². The first kappa shape index (κ1) is 18.1. The molecule has 27 heavy (non-hydrogen) atoms. The standard InChI is InChI=1S/C19H21N5O2S/c1-13-20-23-19(27-13)14-3-4-18-15(9-14)10-16(21-22-18)11-17(25)12-24-5-2-7-26-8-6-24/h3-4,9-10H,2,5-8,11-12H2,1H3. The number of carbonyl (C=O) groups excluding carboxylic acids is 1. The Kier molecular flexibility index (Phi) is 5.47. The number of ether oxygens (including phenoxy) is 1. The summed E-state index contributed by atoms with van der Waals surface area (Å²) in [5.74, 6) is 0.154. The summed E-state index contributed by atoms with van der Waals surface area (Å²) in [5, 5.41) is 19.5. The SMILES string of the molecule is Cc1nnc(-c2ccc3nnc(CC(=O)CN4CCCOCC4)cc3c2)s1. The van der Waals surface area contributed by atoms with Gasteiger partial charge in [-0.25, -0.2) is 0 Å². The van der Waals surface area contributed by atoms with Crippen LogP contribution >= 0.6 is 11.3 Å². The molecule has 2 aromatic heterocycles. The zero-order chi connectivity index (χ0) is 18.6. The van der Waals surface area contributed by atoms with Gasteiger partial charge in [0.1, 0.15) is 10.0 Å². The number of carbonyl (C=O) groups is 1. The Balaban J connectivity index is 1.49. The van der Waals surface area contributed by atoms with E-state index in [1.54, 1.807) is 11.3 Å². The second-order valence-electron chi connectivity index (χ2n) is 6.69. The molecule has 0 amide bonds. The minimum absolute atomic E-state index is 0.154. The fourth-order valence-corrected chi connectivity index (χ4v) is 3.87. The number of Topliss-reactive ketones (excluding diaryl/α,β-unsaturated/α-hetero) is 1. The van der Waals surface area contributed by atoms with E-state index in [0.29, 0.717) is 25.3 Å². The molecular weight excluding hydrogens is 362 g/mol. The topological polar surface area (TPSA) is 81.1 Å². The minimum atomic E-state index is 0.154. The lowest BCUT2D eigenvalue weighted by molar-refractivity contribution is -0.119. The zero-order valence-corrected chi connectivity index (χ0v) is 16.0. The van der Waals surface area contributed by atoms with Crippen LogP contribution in [0.5, 0.6) is 0 Å². The fourth-order valence-electron chi connectivity index (χ4n) is 3.18. The van der Waals surface area contributed by atoms with E-state index in [4.69, 9.17) is 4.74 Å². The van der Waals surface area contributed by atoms with Crippen LogP contribution in [0.15, 0.2) is 24.3 Å². The Morgan fingerprint density at radius 3 is 2.93 bits per heavy atom. The first-order valence-electron chi connectivity index (χ1n) is 9.06. The number of ketones is 1. The van der Waals surface area contributed by atoms with Gasteiger partial charge in [-0.05, 0) is 37.6 Å². The zero-order valence-electron chi connectivity index (χ0n) is 15.2. The summed E-state index contributed by atoms with van der Waals surface area (Å²) < 4.78 is 5.44. The van der Waals surface area contributed by atoms with E-state index in [0.717, 1.165) is 52.6 Å². The number of benzene rings is 1. The lowest BCUT2D eigenvalue weighted by atomic mass is 10.1. The Hall–Kier alpha value is -2.29. The maximum absolute atomic E-state index is 12.5. The molecule has 1 saturated heterocycles. The van der Waals surface area contributed by atoms with E-state index < -0.39 is 0 Å². The molecule has 0 unspecified atom stereocenters. The van der Waals surface area contributed by atoms with Gasteiger partial charge in [0, 0.05) is 30.6 Å². The fraction of sp³-hybridized carbons (Fsp3) is 0.421. The van der Waals surface area contributed by atoms with Crippen molar-refractivity contribution in [2.24, 2.45) is 0 Å². The predicted octanol–water partition coefficient (Wildman–Crippen LogP) is 2.29. The van der Waals surface area contributed by atoms with Gasteiger partial charge in [0.2, 0.25) is 0 Å². The van der Waals surface area contributed by atoms with Crippen molar-refractivity contribution in [3.05, 3.63) is 35.0 Å². The van der Waals surface area contributed by atoms with E-state index in [1.807, 2.05) is 31.2 Å². The smallest absolute Gasteiger partial charge is 0.152 e. The lowest BCUT2D eigenvalue weighted by Crippen LogP contribution is -2.32. The van der Waals surface area contributed by atoms with Crippen molar-refractivity contribution in [2.45, 2.75) is 19.8 Å². The van der Waals surface area contributed by atoms with Gasteiger partial charge in [-0.2, -0.15) is 10.2 Å². The number of rotatable bonds is 5. The number of aromatic nitrogens is 4. The Labute approximate surface area is 161 Å². The van der Waals surface area contributed by atoms with Crippen LogP contribution in [0.1, 0.15) is 17.1 Å². The third-order valence-electron chi connectivity index (χ3n) is 4.50. The molecule has 0 spiro atoms. The number of aryl methyl sites for hydroxylation is 1. The van der Waals surface area contributed by atoms with Gasteiger partial charge in [0.05, 0.1) is 30.8 Å². The molecule has 4 rings (SSSR count). The second kappa shape index (κ2) is 8.16. The van der Waals surface area contributed by atoms with Gasteiger partial charge in [0.25, 0.3) is 0 Å². The summed E-state index contributed by atoms with van der Waals surface area (Å²) in [6, 6.07) is 7.88. The molecule has 1 fully saturated rings. The van der Waals surface area contributed by atoms with Crippen molar-refractivity contribution in [1.82, 2.24) is 25.3 Å². The largest absolute Gasteiger partial charge is 0.380 e. The van der Waals surface area contributed by atoms with E-state index in [9.17, 15) is 4.79 Å². The molecule has 3 aromatic rings. The molecule has 3 heterocycles. The molecule has 0 atom stereocenters. The van der Waals surface area contributed by atoms with E-state index >= 15 is 0 Å². The minimum Gasteiger partial charge on any atom is -0.380 e. The van der Waals surface area contributed by atoms with Crippen LogP contribution in [0.2, 0.25) is 0 Å². The molecule has 0 bridgehead atoms. The number of fused-ring (bicyclic) bond motifs is 1. The lowest BCUT2D eigenvalue weighted by Gasteiger charge is -2.17. The van der Waals surface area contributed by atoms with Crippen molar-refractivity contribution in [2.75, 3.05) is 32.8 Å². The molecular formula is C19H21N5O2S. The van der Waals surface area contributed by atoms with Gasteiger partial charge in [-0.1, -0.05) is 11.3 Å². The Morgan fingerprint density at radius 2 is 2.07 bits per heavy atom. The van der Waals surface area contributed by atoms with Crippen LogP contribution in [0.3, 0.4) is 0 Å². The molecule has 0 saturated carbocycles. The molecule has 0 N–H and O–H groups in total. The highest BCUT2D eigenvalue weighted by atomic mass is 32.1. The third-order valence-corrected chi connectivity index (χ3v) is 5.39. The highest BCUT2D eigenvalue weighted by molar-refractivity contribution is 7.14. The average molecular weight is 383 g/mol. The van der Waals surface area contributed by atoms with Crippen molar-refractivity contribution >= 4 is 28.0 Å². The normalized spacial score (nSPS) is 15.7. The summed E-state index contributed by atoms with van der Waals surface area (Å²) in [6.07, 6.45) is 1.26. The Morgan fingerprint density at radius 1 is 1.15 bits per heavy atom. The molecule has 140 valence electrons. The van der Waals surface area contributed by atoms with Gasteiger partial charge < -0.3 is 4.74 Å². The molecule has 7 nitrogen and oxygen atoms in total. The van der Waals surface area contributed by atoms with Crippen molar-refractivity contribution in [1.29, 1.82) is 0 Å². The van der Waals surface area contributed by atoms with E-state index in [2.05, 4.69) is 25.3 Å². The van der Waals surface area contributed by atoms with Crippen molar-refractivity contribution < 1.29 is 9.53 Å². The summed E-state index contributed by atoms with van der Waals surface area (Å²) in [4.78, 5) is 14.6. The van der Waals surface area contributed by atoms with Crippen LogP contribution in [0.25, 0.3) is 21.5 Å². The average Bonchev–Trinajstić information content (AvgIpc) is 2.93. The molecule has 0 aliphatic carbocycles. The van der Waals surface area contributed by atoms with Crippen LogP contribution in [-0.2, 0) is 16.0 Å². The maximum atomic E-state index is 12.5. The number of nitrogens with zero attached hydrogens (tertiary/aromatic N) is 5. The van der Waals surface area contributed by atoms with Crippen LogP contribution in [0.4, 0.5) is 0 Å². The first-order chi connectivity index (χ1) is 13.2. The summed E-state index contributed by atoms with van der Waals surface area (Å²) >= 11 is 1.56. The summed E-state index contributed by atoms with van der Waals surface area (Å²) in [7, 11) is 0. The van der Waals surface area contributed by atoms with Gasteiger partial charge in [-0.15, -0.1) is 10.2 Å². The quantitative estimate of drug-likeness (QED) is 0.668. The Bertz CT molecular complexity index is 950. The van der Waals surface area contributed by atoms with Crippen LogP contribution in [-0.4, -0.2) is 63.9 Å².